The van der Waals surface area contributed by atoms with Crippen molar-refractivity contribution in [1.82, 2.24) is 4.90 Å². The van der Waals surface area contributed by atoms with Crippen LogP contribution in [0.4, 0.5) is 4.79 Å². The quantitative estimate of drug-likeness (QED) is 0.793. The highest BCUT2D eigenvalue weighted by atomic mass is 16.6. The van der Waals surface area contributed by atoms with Crippen molar-refractivity contribution in [1.29, 1.82) is 0 Å². The van der Waals surface area contributed by atoms with Crippen LogP contribution in [0.1, 0.15) is 32.6 Å². The van der Waals surface area contributed by atoms with Gasteiger partial charge < -0.3 is 14.6 Å². The maximum absolute atomic E-state index is 11.7. The molecule has 0 saturated carbocycles. The zero-order chi connectivity index (χ0) is 12.7. The zero-order valence-electron chi connectivity index (χ0n) is 10.1. The van der Waals surface area contributed by atoms with Gasteiger partial charge in [0.1, 0.15) is 12.8 Å². The molecule has 1 atom stereocenters. The van der Waals surface area contributed by atoms with Gasteiger partial charge in [0, 0.05) is 6.61 Å². The minimum atomic E-state index is -1.06. The summed E-state index contributed by atoms with van der Waals surface area (Å²) in [5.74, 6) is -1.06. The second-order valence-corrected chi connectivity index (χ2v) is 3.96. The van der Waals surface area contributed by atoms with E-state index in [1.54, 1.807) is 0 Å². The Hall–Kier alpha value is -1.30. The second kappa shape index (κ2) is 7.11. The number of carboxylic acids is 1. The number of amides is 1. The first-order valence-electron chi connectivity index (χ1n) is 5.92. The van der Waals surface area contributed by atoms with Gasteiger partial charge in [-0.25, -0.2) is 4.79 Å². The van der Waals surface area contributed by atoms with E-state index in [0.717, 1.165) is 17.7 Å². The number of aliphatic carboxylic acids is 1. The van der Waals surface area contributed by atoms with Crippen molar-refractivity contribution in [3.8, 4) is 0 Å². The van der Waals surface area contributed by atoms with E-state index in [9.17, 15) is 9.59 Å². The molecule has 98 valence electrons. The lowest BCUT2D eigenvalue weighted by molar-refractivity contribution is -0.143. The number of carbonyl (C=O) groups is 2. The van der Waals surface area contributed by atoms with Crippen molar-refractivity contribution in [2.24, 2.45) is 0 Å². The molecule has 1 fully saturated rings. The van der Waals surface area contributed by atoms with Gasteiger partial charge in [-0.2, -0.15) is 0 Å². The summed E-state index contributed by atoms with van der Waals surface area (Å²) in [6.07, 6.45) is 2.17. The van der Waals surface area contributed by atoms with Gasteiger partial charge in [0.2, 0.25) is 0 Å². The Morgan fingerprint density at radius 1 is 1.47 bits per heavy atom. The number of ether oxygens (including phenoxy) is 2. The van der Waals surface area contributed by atoms with Gasteiger partial charge in [-0.3, -0.25) is 9.69 Å². The Bertz CT molecular complexity index is 263. The summed E-state index contributed by atoms with van der Waals surface area (Å²) < 4.78 is 10.4. The Kier molecular flexibility index (Phi) is 5.76. The highest BCUT2D eigenvalue weighted by Crippen LogP contribution is 2.17. The molecule has 0 bridgehead atoms. The molecule has 6 heteroatoms. The SMILES string of the molecule is CCCOC(=O)N(CC(=O)O)C1CCCCO1. The fourth-order valence-corrected chi connectivity index (χ4v) is 1.67. The van der Waals surface area contributed by atoms with Crippen molar-refractivity contribution in [2.75, 3.05) is 19.8 Å². The predicted octanol–water partition coefficient (Wildman–Crippen LogP) is 1.45. The van der Waals surface area contributed by atoms with Gasteiger partial charge in [-0.1, -0.05) is 6.92 Å². The molecule has 1 aliphatic rings. The van der Waals surface area contributed by atoms with Gasteiger partial charge >= 0.3 is 12.1 Å². The van der Waals surface area contributed by atoms with E-state index in [1.807, 2.05) is 6.92 Å². The molecule has 1 N–H and O–H groups in total. The molecular formula is C11H19NO5. The van der Waals surface area contributed by atoms with Crippen molar-refractivity contribution in [3.05, 3.63) is 0 Å². The molecule has 0 aromatic carbocycles. The smallest absolute Gasteiger partial charge is 0.412 e. The minimum Gasteiger partial charge on any atom is -0.480 e. The predicted molar refractivity (Wildman–Crippen MR) is 59.6 cm³/mol. The van der Waals surface area contributed by atoms with Crippen LogP contribution in [0.2, 0.25) is 0 Å². The lowest BCUT2D eigenvalue weighted by Crippen LogP contribution is -2.46. The van der Waals surface area contributed by atoms with E-state index >= 15 is 0 Å². The van der Waals surface area contributed by atoms with E-state index in [0.29, 0.717) is 26.1 Å². The largest absolute Gasteiger partial charge is 0.480 e. The monoisotopic (exact) mass is 245 g/mol. The van der Waals surface area contributed by atoms with Gasteiger partial charge in [0.05, 0.1) is 6.61 Å². The highest BCUT2D eigenvalue weighted by molar-refractivity contribution is 5.76. The van der Waals surface area contributed by atoms with Crippen LogP contribution in [0.3, 0.4) is 0 Å². The molecule has 0 radical (unpaired) electrons. The van der Waals surface area contributed by atoms with Crippen LogP contribution in [0.15, 0.2) is 0 Å². The number of carbonyl (C=O) groups excluding carboxylic acids is 1. The number of rotatable bonds is 5. The molecule has 1 saturated heterocycles. The fourth-order valence-electron chi connectivity index (χ4n) is 1.67. The van der Waals surface area contributed by atoms with E-state index in [1.165, 1.54) is 0 Å². The fraction of sp³-hybridized carbons (Fsp3) is 0.818. The van der Waals surface area contributed by atoms with E-state index in [2.05, 4.69) is 0 Å². The maximum Gasteiger partial charge on any atom is 0.412 e. The maximum atomic E-state index is 11.7. The van der Waals surface area contributed by atoms with Crippen LogP contribution < -0.4 is 0 Å². The molecule has 1 amide bonds. The molecule has 0 aliphatic carbocycles. The summed E-state index contributed by atoms with van der Waals surface area (Å²) in [4.78, 5) is 23.6. The van der Waals surface area contributed by atoms with Crippen molar-refractivity contribution in [2.45, 2.75) is 38.8 Å². The average Bonchev–Trinajstić information content (AvgIpc) is 2.34. The molecule has 0 aromatic heterocycles. The summed E-state index contributed by atoms with van der Waals surface area (Å²) in [6.45, 7) is 2.35. The van der Waals surface area contributed by atoms with Crippen LogP contribution in [-0.2, 0) is 14.3 Å². The molecule has 1 aliphatic heterocycles. The number of carboxylic acid groups (broad SMARTS) is 1. The zero-order valence-corrected chi connectivity index (χ0v) is 10.1. The van der Waals surface area contributed by atoms with Crippen LogP contribution in [0, 0.1) is 0 Å². The Morgan fingerprint density at radius 3 is 2.76 bits per heavy atom. The summed E-state index contributed by atoms with van der Waals surface area (Å²) in [6, 6.07) is 0. The normalized spacial score (nSPS) is 19.7. The van der Waals surface area contributed by atoms with Crippen LogP contribution in [0.25, 0.3) is 0 Å². The Labute approximate surface area is 100 Å². The molecule has 6 nitrogen and oxygen atoms in total. The summed E-state index contributed by atoms with van der Waals surface area (Å²) in [7, 11) is 0. The first-order chi connectivity index (χ1) is 8.15. The highest BCUT2D eigenvalue weighted by Gasteiger charge is 2.29. The third-order valence-electron chi connectivity index (χ3n) is 2.47. The number of nitrogens with zero attached hydrogens (tertiary/aromatic N) is 1. The summed E-state index contributed by atoms with van der Waals surface area (Å²) in [5.41, 5.74) is 0. The lowest BCUT2D eigenvalue weighted by atomic mass is 10.2. The van der Waals surface area contributed by atoms with Crippen molar-refractivity contribution in [3.63, 3.8) is 0 Å². The third kappa shape index (κ3) is 4.60. The van der Waals surface area contributed by atoms with E-state index < -0.39 is 18.3 Å². The minimum absolute atomic E-state index is 0.293. The van der Waals surface area contributed by atoms with E-state index in [-0.39, 0.29) is 6.54 Å². The molecule has 0 aromatic rings. The van der Waals surface area contributed by atoms with Crippen LogP contribution >= 0.6 is 0 Å². The lowest BCUT2D eigenvalue weighted by Gasteiger charge is -2.32. The molecule has 1 heterocycles. The average molecular weight is 245 g/mol. The third-order valence-corrected chi connectivity index (χ3v) is 2.47. The van der Waals surface area contributed by atoms with Gasteiger partial charge in [-0.05, 0) is 25.7 Å². The van der Waals surface area contributed by atoms with Crippen molar-refractivity contribution >= 4 is 12.1 Å². The summed E-state index contributed by atoms with van der Waals surface area (Å²) >= 11 is 0. The van der Waals surface area contributed by atoms with Gasteiger partial charge in [0.15, 0.2) is 0 Å². The van der Waals surface area contributed by atoms with Crippen LogP contribution in [0.5, 0.6) is 0 Å². The van der Waals surface area contributed by atoms with Crippen LogP contribution in [-0.4, -0.2) is 48.1 Å². The number of hydrogen-bond donors (Lipinski definition) is 1. The molecule has 0 spiro atoms. The molecular weight excluding hydrogens is 226 g/mol. The number of hydrogen-bond acceptors (Lipinski definition) is 4. The Balaban J connectivity index is 2.57. The van der Waals surface area contributed by atoms with Crippen molar-refractivity contribution < 1.29 is 24.2 Å². The van der Waals surface area contributed by atoms with Gasteiger partial charge in [0.25, 0.3) is 0 Å². The topological polar surface area (TPSA) is 76.1 Å². The second-order valence-electron chi connectivity index (χ2n) is 3.96. The summed E-state index contributed by atoms with van der Waals surface area (Å²) in [5, 5.41) is 8.78. The molecule has 17 heavy (non-hydrogen) atoms. The first kappa shape index (κ1) is 13.8. The molecule has 1 unspecified atom stereocenters. The van der Waals surface area contributed by atoms with E-state index in [4.69, 9.17) is 14.6 Å². The molecule has 1 rings (SSSR count). The Morgan fingerprint density at radius 2 is 2.24 bits per heavy atom. The first-order valence-corrected chi connectivity index (χ1v) is 5.92. The van der Waals surface area contributed by atoms with Gasteiger partial charge in [-0.15, -0.1) is 0 Å². The standard InChI is InChI=1S/C11H19NO5/c1-2-6-17-11(15)12(8-10(13)14)9-5-3-4-7-16-9/h9H,2-8H2,1H3,(H,13,14).